The summed E-state index contributed by atoms with van der Waals surface area (Å²) in [5, 5.41) is 13.7. The van der Waals surface area contributed by atoms with E-state index in [-0.39, 0.29) is 31.2 Å². The average molecular weight is 453 g/mol. The van der Waals surface area contributed by atoms with Crippen molar-refractivity contribution in [3.63, 3.8) is 0 Å². The van der Waals surface area contributed by atoms with Gasteiger partial charge in [0.1, 0.15) is 12.3 Å². The average Bonchev–Trinajstić information content (AvgIpc) is 2.74. The second-order valence-electron chi connectivity index (χ2n) is 6.98. The Morgan fingerprint density at radius 1 is 1.03 bits per heavy atom. The van der Waals surface area contributed by atoms with Crippen molar-refractivity contribution < 1.29 is 29.0 Å². The summed E-state index contributed by atoms with van der Waals surface area (Å²) >= 11 is 1.38. The molecule has 1 aromatic carbocycles. The molecule has 0 spiro atoms. The molecule has 0 heterocycles. The molecule has 2 amide bonds. The zero-order valence-corrected chi connectivity index (χ0v) is 18.7. The number of rotatable bonds is 16. The molecule has 1 unspecified atom stereocenters. The van der Waals surface area contributed by atoms with Gasteiger partial charge in [0, 0.05) is 13.0 Å². The molecular weight excluding hydrogens is 420 g/mol. The van der Waals surface area contributed by atoms with Gasteiger partial charge >= 0.3 is 11.9 Å². The third kappa shape index (κ3) is 13.4. The second-order valence-corrected chi connectivity index (χ2v) is 8.29. The predicted molar refractivity (Wildman–Crippen MR) is 120 cm³/mol. The molecule has 8 nitrogen and oxygen atoms in total. The number of hydrogen-bond acceptors (Lipinski definition) is 6. The van der Waals surface area contributed by atoms with Crippen molar-refractivity contribution in [2.45, 2.75) is 57.1 Å². The lowest BCUT2D eigenvalue weighted by Crippen LogP contribution is -2.35. The van der Waals surface area contributed by atoms with Crippen molar-refractivity contribution in [2.24, 2.45) is 0 Å². The van der Waals surface area contributed by atoms with Gasteiger partial charge in [0.05, 0.1) is 11.7 Å². The Morgan fingerprint density at radius 3 is 2.45 bits per heavy atom. The number of para-hydroxylation sites is 1. The minimum absolute atomic E-state index is 0.187. The van der Waals surface area contributed by atoms with Gasteiger partial charge in [-0.05, 0) is 37.1 Å². The van der Waals surface area contributed by atoms with E-state index in [1.807, 2.05) is 13.0 Å². The van der Waals surface area contributed by atoms with Gasteiger partial charge in [0.15, 0.2) is 0 Å². The lowest BCUT2D eigenvalue weighted by atomic mass is 10.2. The fourth-order valence-corrected chi connectivity index (χ4v) is 3.82. The first kappa shape index (κ1) is 26.5. The van der Waals surface area contributed by atoms with Crippen LogP contribution in [0.5, 0.6) is 5.75 Å². The summed E-state index contributed by atoms with van der Waals surface area (Å²) < 4.78 is 5.09. The Hall–Kier alpha value is -2.55. The van der Waals surface area contributed by atoms with Crippen LogP contribution >= 0.6 is 11.8 Å². The summed E-state index contributed by atoms with van der Waals surface area (Å²) in [7, 11) is 0. The SMILES string of the molecule is CCCCSC(CC(=O)O)C(=O)NCCCCCC(=O)NCC(=O)Oc1ccccc1. The second kappa shape index (κ2) is 16.2. The maximum absolute atomic E-state index is 12.2. The Balaban J connectivity index is 2.13. The van der Waals surface area contributed by atoms with Crippen molar-refractivity contribution in [3.05, 3.63) is 30.3 Å². The minimum atomic E-state index is -0.984. The highest BCUT2D eigenvalue weighted by atomic mass is 32.2. The molecule has 0 radical (unpaired) electrons. The molecule has 9 heteroatoms. The van der Waals surface area contributed by atoms with E-state index in [9.17, 15) is 19.2 Å². The van der Waals surface area contributed by atoms with Gasteiger partial charge in [-0.25, -0.2) is 4.79 Å². The number of aliphatic carboxylic acids is 1. The van der Waals surface area contributed by atoms with Crippen LogP contribution in [0.2, 0.25) is 0 Å². The summed E-state index contributed by atoms with van der Waals surface area (Å²) in [5.41, 5.74) is 0. The molecule has 1 aromatic rings. The lowest BCUT2D eigenvalue weighted by Gasteiger charge is -2.14. The van der Waals surface area contributed by atoms with Gasteiger partial charge in [-0.2, -0.15) is 0 Å². The van der Waals surface area contributed by atoms with Crippen LogP contribution < -0.4 is 15.4 Å². The normalized spacial score (nSPS) is 11.4. The van der Waals surface area contributed by atoms with E-state index in [0.717, 1.165) is 25.0 Å². The van der Waals surface area contributed by atoms with Crippen LogP contribution in [-0.4, -0.2) is 53.0 Å². The van der Waals surface area contributed by atoms with Crippen molar-refractivity contribution in [1.82, 2.24) is 10.6 Å². The predicted octanol–water partition coefficient (Wildman–Crippen LogP) is 2.76. The van der Waals surface area contributed by atoms with Gasteiger partial charge < -0.3 is 20.5 Å². The van der Waals surface area contributed by atoms with Gasteiger partial charge in [-0.3, -0.25) is 14.4 Å². The molecule has 172 valence electrons. The molecule has 0 saturated carbocycles. The fraction of sp³-hybridized carbons (Fsp3) is 0.545. The van der Waals surface area contributed by atoms with Crippen molar-refractivity contribution >= 4 is 35.5 Å². The van der Waals surface area contributed by atoms with E-state index in [4.69, 9.17) is 9.84 Å². The summed E-state index contributed by atoms with van der Waals surface area (Å²) in [6.07, 6.45) is 4.08. The number of carboxylic acid groups (broad SMARTS) is 1. The van der Waals surface area contributed by atoms with Crippen LogP contribution in [0.4, 0.5) is 0 Å². The Labute approximate surface area is 187 Å². The van der Waals surface area contributed by atoms with Gasteiger partial charge in [-0.15, -0.1) is 11.8 Å². The number of carbonyl (C=O) groups excluding carboxylic acids is 3. The van der Waals surface area contributed by atoms with E-state index in [1.54, 1.807) is 24.3 Å². The first-order chi connectivity index (χ1) is 14.9. The summed E-state index contributed by atoms with van der Waals surface area (Å²) in [6, 6.07) is 8.63. The molecule has 1 rings (SSSR count). The summed E-state index contributed by atoms with van der Waals surface area (Å²) in [6.45, 7) is 2.29. The van der Waals surface area contributed by atoms with Crippen LogP contribution in [0.25, 0.3) is 0 Å². The zero-order valence-electron chi connectivity index (χ0n) is 17.9. The maximum Gasteiger partial charge on any atom is 0.330 e. The van der Waals surface area contributed by atoms with Crippen LogP contribution in [0.15, 0.2) is 30.3 Å². The Kier molecular flexibility index (Phi) is 13.8. The number of thioether (sulfide) groups is 1. The van der Waals surface area contributed by atoms with E-state index in [2.05, 4.69) is 10.6 Å². The molecule has 0 aliphatic carbocycles. The van der Waals surface area contributed by atoms with Crippen molar-refractivity contribution in [1.29, 1.82) is 0 Å². The summed E-state index contributed by atoms with van der Waals surface area (Å²) in [5.74, 6) is -0.812. The van der Waals surface area contributed by atoms with E-state index >= 15 is 0 Å². The standard InChI is InChI=1S/C22H32N2O6S/c1-2-3-14-31-18(15-20(26)27)22(29)23-13-9-5-8-12-19(25)24-16-21(28)30-17-10-6-4-7-11-17/h4,6-7,10-11,18H,2-3,5,8-9,12-16H2,1H3,(H,23,29)(H,24,25)(H,26,27). The van der Waals surface area contributed by atoms with Gasteiger partial charge in [0.2, 0.25) is 11.8 Å². The van der Waals surface area contributed by atoms with Crippen LogP contribution in [0.3, 0.4) is 0 Å². The molecular formula is C22H32N2O6S. The summed E-state index contributed by atoms with van der Waals surface area (Å²) in [4.78, 5) is 46.6. The van der Waals surface area contributed by atoms with E-state index in [1.165, 1.54) is 11.8 Å². The van der Waals surface area contributed by atoms with Crippen molar-refractivity contribution in [3.8, 4) is 5.75 Å². The zero-order chi connectivity index (χ0) is 22.9. The lowest BCUT2D eigenvalue weighted by molar-refractivity contribution is -0.138. The molecule has 0 aliphatic rings. The minimum Gasteiger partial charge on any atom is -0.481 e. The van der Waals surface area contributed by atoms with E-state index in [0.29, 0.717) is 25.1 Å². The Morgan fingerprint density at radius 2 is 1.77 bits per heavy atom. The highest BCUT2D eigenvalue weighted by molar-refractivity contribution is 8.00. The molecule has 0 bridgehead atoms. The number of carbonyl (C=O) groups is 4. The number of amides is 2. The molecule has 0 fully saturated rings. The molecule has 0 aromatic heterocycles. The molecule has 0 aliphatic heterocycles. The van der Waals surface area contributed by atoms with Crippen LogP contribution in [0.1, 0.15) is 51.9 Å². The smallest absolute Gasteiger partial charge is 0.330 e. The first-order valence-corrected chi connectivity index (χ1v) is 11.6. The van der Waals surface area contributed by atoms with Gasteiger partial charge in [0.25, 0.3) is 0 Å². The number of esters is 1. The molecule has 1 atom stereocenters. The number of benzene rings is 1. The maximum atomic E-state index is 12.2. The number of unbranched alkanes of at least 4 members (excludes halogenated alkanes) is 3. The third-order valence-corrected chi connectivity index (χ3v) is 5.56. The highest BCUT2D eigenvalue weighted by Gasteiger charge is 2.21. The number of hydrogen-bond donors (Lipinski definition) is 3. The topological polar surface area (TPSA) is 122 Å². The largest absolute Gasteiger partial charge is 0.481 e. The Bertz CT molecular complexity index is 699. The highest BCUT2D eigenvalue weighted by Crippen LogP contribution is 2.17. The number of carboxylic acids is 1. The monoisotopic (exact) mass is 452 g/mol. The number of ether oxygens (including phenoxy) is 1. The molecule has 31 heavy (non-hydrogen) atoms. The fourth-order valence-electron chi connectivity index (χ4n) is 2.58. The van der Waals surface area contributed by atoms with Gasteiger partial charge in [-0.1, -0.05) is 38.0 Å². The molecule has 0 saturated heterocycles. The third-order valence-electron chi connectivity index (χ3n) is 4.25. The molecule has 3 N–H and O–H groups in total. The quantitative estimate of drug-likeness (QED) is 0.200. The van der Waals surface area contributed by atoms with Crippen LogP contribution in [0, 0.1) is 0 Å². The van der Waals surface area contributed by atoms with Crippen molar-refractivity contribution in [2.75, 3.05) is 18.8 Å². The first-order valence-electron chi connectivity index (χ1n) is 10.6. The van der Waals surface area contributed by atoms with E-state index < -0.39 is 17.2 Å². The number of nitrogens with one attached hydrogen (secondary N) is 2. The van der Waals surface area contributed by atoms with Crippen LogP contribution in [-0.2, 0) is 19.2 Å².